The first-order chi connectivity index (χ1) is 16.3. The van der Waals surface area contributed by atoms with Crippen LogP contribution in [0.1, 0.15) is 0 Å². The molecule has 2 aromatic carbocycles. The van der Waals surface area contributed by atoms with Gasteiger partial charge in [0.15, 0.2) is 0 Å². The zero-order chi connectivity index (χ0) is 22.6. The lowest BCUT2D eigenvalue weighted by atomic mass is 9.92. The minimum absolute atomic E-state index is 0.820. The predicted molar refractivity (Wildman–Crippen MR) is 131 cm³/mol. The number of hydrogen-bond donors (Lipinski definition) is 1. The summed E-state index contributed by atoms with van der Waals surface area (Å²) in [6.45, 7) is 0. The fourth-order valence-corrected chi connectivity index (χ4v) is 4.06. The molecule has 162 valence electrons. The van der Waals surface area contributed by atoms with Gasteiger partial charge < -0.3 is 14.5 Å². The summed E-state index contributed by atoms with van der Waals surface area (Å²) in [5, 5.41) is 0. The fourth-order valence-electron chi connectivity index (χ4n) is 4.06. The molecule has 5 nitrogen and oxygen atoms in total. The van der Waals surface area contributed by atoms with E-state index in [0.29, 0.717) is 0 Å². The van der Waals surface area contributed by atoms with E-state index in [1.807, 2.05) is 73.3 Å². The van der Waals surface area contributed by atoms with E-state index in [0.717, 1.165) is 56.3 Å². The number of aromatic nitrogens is 3. The van der Waals surface area contributed by atoms with Crippen LogP contribution < -0.4 is 9.47 Å². The quantitative estimate of drug-likeness (QED) is 0.332. The number of nitrogens with zero attached hydrogens (tertiary/aromatic N) is 2. The van der Waals surface area contributed by atoms with E-state index in [1.54, 1.807) is 14.2 Å². The molecule has 0 spiro atoms. The second kappa shape index (κ2) is 9.01. The zero-order valence-electron chi connectivity index (χ0n) is 18.4. The van der Waals surface area contributed by atoms with Gasteiger partial charge in [-0.25, -0.2) is 0 Å². The summed E-state index contributed by atoms with van der Waals surface area (Å²) in [4.78, 5) is 12.2. The lowest BCUT2D eigenvalue weighted by Crippen LogP contribution is -1.87. The standard InChI is InChI=1S/C28H23N3O2/c1-32-23-7-3-21(4-8-23)27-25(19-11-15-29-16-12-19)26(20-13-17-30-18-14-20)28(31-27)22-5-9-24(33-2)10-6-22/h3-18,31H,1-2H3. The Labute approximate surface area is 192 Å². The van der Waals surface area contributed by atoms with Crippen molar-refractivity contribution < 1.29 is 9.47 Å². The van der Waals surface area contributed by atoms with Gasteiger partial charge in [0, 0.05) is 35.9 Å². The van der Waals surface area contributed by atoms with Crippen molar-refractivity contribution in [1.29, 1.82) is 0 Å². The molecule has 5 aromatic rings. The maximum atomic E-state index is 5.37. The van der Waals surface area contributed by atoms with E-state index in [4.69, 9.17) is 9.47 Å². The van der Waals surface area contributed by atoms with Crippen LogP contribution in [0, 0.1) is 0 Å². The SMILES string of the molecule is COc1ccc(-c2[nH]c(-c3ccc(OC)cc3)c(-c3ccncc3)c2-c2ccncc2)cc1. The van der Waals surface area contributed by atoms with Gasteiger partial charge in [0.25, 0.3) is 0 Å². The monoisotopic (exact) mass is 433 g/mol. The van der Waals surface area contributed by atoms with Crippen molar-refractivity contribution in [1.82, 2.24) is 15.0 Å². The van der Waals surface area contributed by atoms with Gasteiger partial charge in [-0.1, -0.05) is 0 Å². The van der Waals surface area contributed by atoms with Crippen LogP contribution in [0.3, 0.4) is 0 Å². The van der Waals surface area contributed by atoms with Crippen molar-refractivity contribution in [3.63, 3.8) is 0 Å². The third-order valence-electron chi connectivity index (χ3n) is 5.70. The Morgan fingerprint density at radius 3 is 1.18 bits per heavy atom. The van der Waals surface area contributed by atoms with Crippen molar-refractivity contribution in [3.05, 3.63) is 97.6 Å². The first-order valence-corrected chi connectivity index (χ1v) is 10.6. The maximum absolute atomic E-state index is 5.37. The smallest absolute Gasteiger partial charge is 0.118 e. The average molecular weight is 434 g/mol. The molecule has 0 saturated carbocycles. The lowest BCUT2D eigenvalue weighted by Gasteiger charge is -2.10. The van der Waals surface area contributed by atoms with Crippen LogP contribution in [-0.2, 0) is 0 Å². The molecule has 0 aliphatic carbocycles. The minimum Gasteiger partial charge on any atom is -0.497 e. The van der Waals surface area contributed by atoms with Gasteiger partial charge in [-0.15, -0.1) is 0 Å². The molecule has 0 saturated heterocycles. The van der Waals surface area contributed by atoms with Crippen molar-refractivity contribution in [2.45, 2.75) is 0 Å². The number of nitrogens with one attached hydrogen (secondary N) is 1. The summed E-state index contributed by atoms with van der Waals surface area (Å²) >= 11 is 0. The van der Waals surface area contributed by atoms with Gasteiger partial charge in [0.05, 0.1) is 25.6 Å². The van der Waals surface area contributed by atoms with Crippen molar-refractivity contribution >= 4 is 0 Å². The molecule has 5 heteroatoms. The van der Waals surface area contributed by atoms with Crippen LogP contribution in [0.15, 0.2) is 97.6 Å². The first kappa shape index (κ1) is 20.5. The average Bonchev–Trinajstić information content (AvgIpc) is 3.30. The van der Waals surface area contributed by atoms with Crippen molar-refractivity contribution in [3.8, 4) is 56.3 Å². The largest absolute Gasteiger partial charge is 0.497 e. The van der Waals surface area contributed by atoms with Crippen LogP contribution in [0.5, 0.6) is 11.5 Å². The number of hydrogen-bond acceptors (Lipinski definition) is 4. The number of rotatable bonds is 6. The second-order valence-corrected chi connectivity index (χ2v) is 7.55. The Bertz CT molecular complexity index is 1240. The van der Waals surface area contributed by atoms with Gasteiger partial charge in [-0.2, -0.15) is 0 Å². The molecule has 3 aromatic heterocycles. The normalized spacial score (nSPS) is 10.7. The van der Waals surface area contributed by atoms with Crippen LogP contribution in [0.2, 0.25) is 0 Å². The molecule has 0 aliphatic heterocycles. The Balaban J connectivity index is 1.82. The van der Waals surface area contributed by atoms with Gasteiger partial charge in [0.1, 0.15) is 11.5 Å². The van der Waals surface area contributed by atoms with Crippen LogP contribution >= 0.6 is 0 Å². The number of ether oxygens (including phenoxy) is 2. The first-order valence-electron chi connectivity index (χ1n) is 10.6. The zero-order valence-corrected chi connectivity index (χ0v) is 18.4. The molecule has 0 radical (unpaired) electrons. The van der Waals surface area contributed by atoms with E-state index in [-0.39, 0.29) is 0 Å². The number of H-pyrrole nitrogens is 1. The van der Waals surface area contributed by atoms with E-state index in [2.05, 4.69) is 39.2 Å². The summed E-state index contributed by atoms with van der Waals surface area (Å²) < 4.78 is 10.7. The topological polar surface area (TPSA) is 60.0 Å². The third kappa shape index (κ3) is 3.96. The second-order valence-electron chi connectivity index (χ2n) is 7.55. The number of benzene rings is 2. The summed E-state index contributed by atoms with van der Waals surface area (Å²) in [7, 11) is 3.35. The molecule has 0 atom stereocenters. The Kier molecular flexibility index (Phi) is 5.60. The molecule has 0 unspecified atom stereocenters. The van der Waals surface area contributed by atoms with Crippen LogP contribution in [-0.4, -0.2) is 29.2 Å². The summed E-state index contributed by atoms with van der Waals surface area (Å²) in [6, 6.07) is 24.4. The van der Waals surface area contributed by atoms with Gasteiger partial charge in [-0.05, 0) is 95.1 Å². The third-order valence-corrected chi connectivity index (χ3v) is 5.70. The molecule has 0 bridgehead atoms. The Morgan fingerprint density at radius 1 is 0.485 bits per heavy atom. The molecule has 0 aliphatic rings. The molecule has 33 heavy (non-hydrogen) atoms. The molecular formula is C28H23N3O2. The van der Waals surface area contributed by atoms with Gasteiger partial charge in [-0.3, -0.25) is 9.97 Å². The summed E-state index contributed by atoms with van der Waals surface area (Å²) in [5.41, 5.74) is 8.58. The lowest BCUT2D eigenvalue weighted by molar-refractivity contribution is 0.415. The minimum atomic E-state index is 0.820. The van der Waals surface area contributed by atoms with Crippen molar-refractivity contribution in [2.24, 2.45) is 0 Å². The number of methoxy groups -OCH3 is 2. The molecule has 3 heterocycles. The predicted octanol–water partition coefficient (Wildman–Crippen LogP) is 6.49. The molecule has 1 N–H and O–H groups in total. The molecular weight excluding hydrogens is 410 g/mol. The highest BCUT2D eigenvalue weighted by Gasteiger charge is 2.22. The molecule has 0 fully saturated rings. The van der Waals surface area contributed by atoms with E-state index >= 15 is 0 Å². The number of pyridine rings is 2. The van der Waals surface area contributed by atoms with Crippen molar-refractivity contribution in [2.75, 3.05) is 14.2 Å². The summed E-state index contributed by atoms with van der Waals surface area (Å²) in [6.07, 6.45) is 7.29. The van der Waals surface area contributed by atoms with E-state index in [1.165, 1.54) is 0 Å². The molecule has 5 rings (SSSR count). The van der Waals surface area contributed by atoms with Gasteiger partial charge in [0.2, 0.25) is 0 Å². The van der Waals surface area contributed by atoms with E-state index in [9.17, 15) is 0 Å². The highest BCUT2D eigenvalue weighted by atomic mass is 16.5. The maximum Gasteiger partial charge on any atom is 0.118 e. The fraction of sp³-hybridized carbons (Fsp3) is 0.0714. The van der Waals surface area contributed by atoms with Gasteiger partial charge >= 0.3 is 0 Å². The van der Waals surface area contributed by atoms with E-state index < -0.39 is 0 Å². The number of aromatic amines is 1. The Morgan fingerprint density at radius 2 is 0.848 bits per heavy atom. The highest BCUT2D eigenvalue weighted by Crippen LogP contribution is 2.46. The van der Waals surface area contributed by atoms with Crippen LogP contribution in [0.25, 0.3) is 44.8 Å². The van der Waals surface area contributed by atoms with Crippen LogP contribution in [0.4, 0.5) is 0 Å². The highest BCUT2D eigenvalue weighted by molar-refractivity contribution is 6.01. The summed E-state index contributed by atoms with van der Waals surface area (Å²) in [5.74, 6) is 1.64. The Hall–Kier alpha value is -4.38. The molecule has 0 amide bonds.